The Bertz CT molecular complexity index is 1080. The van der Waals surface area contributed by atoms with Crippen LogP contribution < -0.4 is 10.0 Å². The number of carbonyl (C=O) groups is 2. The third-order valence-electron chi connectivity index (χ3n) is 4.91. The van der Waals surface area contributed by atoms with Crippen LogP contribution in [0.2, 0.25) is 0 Å². The summed E-state index contributed by atoms with van der Waals surface area (Å²) in [6.45, 7) is 3.24. The van der Waals surface area contributed by atoms with Gasteiger partial charge in [-0.05, 0) is 55.7 Å². The van der Waals surface area contributed by atoms with E-state index in [1.807, 2.05) is 13.0 Å². The van der Waals surface area contributed by atoms with Crippen LogP contribution in [0.25, 0.3) is 0 Å². The third kappa shape index (κ3) is 4.11. The molecule has 1 atom stereocenters. The molecule has 0 radical (unpaired) electrons. The zero-order valence-electron chi connectivity index (χ0n) is 15.8. The summed E-state index contributed by atoms with van der Waals surface area (Å²) in [6.07, 6.45) is 1.91. The number of likely N-dealkylation sites (tertiary alicyclic amines) is 1. The molecule has 0 spiro atoms. The second kappa shape index (κ2) is 7.72. The molecule has 2 N–H and O–H groups in total. The highest BCUT2D eigenvalue weighted by molar-refractivity contribution is 8.01. The molecule has 2 aromatic carbocycles. The van der Waals surface area contributed by atoms with E-state index in [1.165, 1.54) is 23.9 Å². The molecule has 2 aliphatic heterocycles. The molecule has 0 aliphatic carbocycles. The number of benzene rings is 2. The fraction of sp³-hybridized carbons (Fsp3) is 0.300. The van der Waals surface area contributed by atoms with Crippen molar-refractivity contribution in [3.05, 3.63) is 48.0 Å². The van der Waals surface area contributed by atoms with Crippen molar-refractivity contribution in [3.8, 4) is 0 Å². The lowest BCUT2D eigenvalue weighted by molar-refractivity contribution is -0.133. The Hall–Kier alpha value is -2.52. The van der Waals surface area contributed by atoms with Gasteiger partial charge in [-0.3, -0.25) is 14.3 Å². The molecule has 0 aromatic heterocycles. The number of nitrogens with zero attached hydrogens (tertiary/aromatic N) is 1. The van der Waals surface area contributed by atoms with Crippen molar-refractivity contribution in [2.45, 2.75) is 34.8 Å². The molecule has 1 unspecified atom stereocenters. The maximum absolute atomic E-state index is 12.7. The smallest absolute Gasteiger partial charge is 0.261 e. The number of hydrogen-bond donors (Lipinski definition) is 2. The SMILES string of the molecule is Cc1cccc(NS(=O)(=O)c2ccc3c(c2)NC(=O)C(C(=O)N2CCCC2)S3)c1. The highest BCUT2D eigenvalue weighted by Gasteiger charge is 2.37. The van der Waals surface area contributed by atoms with E-state index in [2.05, 4.69) is 10.0 Å². The molecule has 2 aliphatic rings. The van der Waals surface area contributed by atoms with Gasteiger partial charge in [0.1, 0.15) is 0 Å². The van der Waals surface area contributed by atoms with Crippen molar-refractivity contribution < 1.29 is 18.0 Å². The van der Waals surface area contributed by atoms with Crippen LogP contribution in [-0.2, 0) is 19.6 Å². The second-order valence-electron chi connectivity index (χ2n) is 7.15. The number of rotatable bonds is 4. The Kier molecular flexibility index (Phi) is 5.26. The summed E-state index contributed by atoms with van der Waals surface area (Å²) < 4.78 is 28.0. The molecular weight excluding hydrogens is 410 g/mol. The van der Waals surface area contributed by atoms with Crippen LogP contribution >= 0.6 is 11.8 Å². The number of sulfonamides is 1. The first-order valence-electron chi connectivity index (χ1n) is 9.33. The lowest BCUT2D eigenvalue weighted by Crippen LogP contribution is -2.43. The maximum atomic E-state index is 12.7. The van der Waals surface area contributed by atoms with Crippen LogP contribution in [0.3, 0.4) is 0 Å². The van der Waals surface area contributed by atoms with Gasteiger partial charge in [0, 0.05) is 23.7 Å². The van der Waals surface area contributed by atoms with Gasteiger partial charge in [0.2, 0.25) is 11.8 Å². The zero-order chi connectivity index (χ0) is 20.6. The molecule has 1 saturated heterocycles. The van der Waals surface area contributed by atoms with Crippen molar-refractivity contribution in [2.75, 3.05) is 23.1 Å². The number of nitrogens with one attached hydrogen (secondary N) is 2. The first-order chi connectivity index (χ1) is 13.8. The first-order valence-corrected chi connectivity index (χ1v) is 11.7. The number of hydrogen-bond acceptors (Lipinski definition) is 5. The Morgan fingerprint density at radius 1 is 1.17 bits per heavy atom. The normalized spacial score (nSPS) is 18.9. The molecule has 29 heavy (non-hydrogen) atoms. The van der Waals surface area contributed by atoms with Crippen molar-refractivity contribution >= 4 is 45.0 Å². The van der Waals surface area contributed by atoms with Gasteiger partial charge < -0.3 is 10.2 Å². The summed E-state index contributed by atoms with van der Waals surface area (Å²) in [4.78, 5) is 27.6. The van der Waals surface area contributed by atoms with Crippen molar-refractivity contribution in [1.29, 1.82) is 0 Å². The van der Waals surface area contributed by atoms with Crippen LogP contribution in [0, 0.1) is 6.92 Å². The van der Waals surface area contributed by atoms with Crippen LogP contribution in [-0.4, -0.2) is 43.5 Å². The van der Waals surface area contributed by atoms with Gasteiger partial charge in [0.05, 0.1) is 10.6 Å². The first kappa shape index (κ1) is 19.8. The minimum absolute atomic E-state index is 0.0444. The summed E-state index contributed by atoms with van der Waals surface area (Å²) in [6, 6.07) is 11.6. The van der Waals surface area contributed by atoms with Gasteiger partial charge in [0.25, 0.3) is 10.0 Å². The van der Waals surface area contributed by atoms with E-state index in [-0.39, 0.29) is 10.8 Å². The van der Waals surface area contributed by atoms with E-state index in [4.69, 9.17) is 0 Å². The number of thioether (sulfide) groups is 1. The summed E-state index contributed by atoms with van der Waals surface area (Å²) in [7, 11) is -3.81. The number of aryl methyl sites for hydroxylation is 1. The number of carbonyl (C=O) groups excluding carboxylic acids is 2. The summed E-state index contributed by atoms with van der Waals surface area (Å²) >= 11 is 1.17. The standard InChI is InChI=1S/C20H21N3O4S2/c1-13-5-4-6-14(11-13)22-29(26,27)15-7-8-17-16(12-15)21-19(24)18(28-17)20(25)23-9-2-3-10-23/h4-8,11-12,18,22H,2-3,9-10H2,1H3,(H,21,24). The van der Waals surface area contributed by atoms with Crippen LogP contribution in [0.15, 0.2) is 52.3 Å². The van der Waals surface area contributed by atoms with Gasteiger partial charge in [-0.2, -0.15) is 0 Å². The minimum atomic E-state index is -3.81. The average Bonchev–Trinajstić information content (AvgIpc) is 3.21. The van der Waals surface area contributed by atoms with Crippen molar-refractivity contribution in [1.82, 2.24) is 4.90 Å². The molecule has 2 amide bonds. The van der Waals surface area contributed by atoms with Gasteiger partial charge in [-0.1, -0.05) is 12.1 Å². The van der Waals surface area contributed by atoms with E-state index in [0.717, 1.165) is 18.4 Å². The van der Waals surface area contributed by atoms with Crippen LogP contribution in [0.5, 0.6) is 0 Å². The molecule has 152 valence electrons. The Morgan fingerprint density at radius 3 is 2.66 bits per heavy atom. The topological polar surface area (TPSA) is 95.6 Å². The van der Waals surface area contributed by atoms with E-state index < -0.39 is 21.2 Å². The lowest BCUT2D eigenvalue weighted by atomic mass is 10.2. The Morgan fingerprint density at radius 2 is 1.93 bits per heavy atom. The predicted octanol–water partition coefficient (Wildman–Crippen LogP) is 2.83. The van der Waals surface area contributed by atoms with Gasteiger partial charge in [0.15, 0.2) is 5.25 Å². The zero-order valence-corrected chi connectivity index (χ0v) is 17.5. The lowest BCUT2D eigenvalue weighted by Gasteiger charge is -2.27. The van der Waals surface area contributed by atoms with E-state index in [9.17, 15) is 18.0 Å². The quantitative estimate of drug-likeness (QED) is 0.726. The molecular formula is C20H21N3O4S2. The molecule has 2 heterocycles. The van der Waals surface area contributed by atoms with Gasteiger partial charge in [-0.25, -0.2) is 8.42 Å². The number of fused-ring (bicyclic) bond motifs is 1. The Labute approximate surface area is 173 Å². The highest BCUT2D eigenvalue weighted by atomic mass is 32.2. The molecule has 7 nitrogen and oxygen atoms in total. The van der Waals surface area contributed by atoms with Crippen LogP contribution in [0.4, 0.5) is 11.4 Å². The van der Waals surface area contributed by atoms with E-state index in [0.29, 0.717) is 29.4 Å². The second-order valence-corrected chi connectivity index (χ2v) is 9.98. The number of amides is 2. The fourth-order valence-corrected chi connectivity index (χ4v) is 5.57. The monoisotopic (exact) mass is 431 g/mol. The molecule has 0 bridgehead atoms. The van der Waals surface area contributed by atoms with E-state index in [1.54, 1.807) is 29.2 Å². The molecule has 9 heteroatoms. The molecule has 4 rings (SSSR count). The summed E-state index contributed by atoms with van der Waals surface area (Å²) in [5.41, 5.74) is 1.81. The van der Waals surface area contributed by atoms with E-state index >= 15 is 0 Å². The van der Waals surface area contributed by atoms with Gasteiger partial charge in [-0.15, -0.1) is 11.8 Å². The number of anilines is 2. The van der Waals surface area contributed by atoms with Gasteiger partial charge >= 0.3 is 0 Å². The highest BCUT2D eigenvalue weighted by Crippen LogP contribution is 2.38. The fourth-order valence-electron chi connectivity index (χ4n) is 3.44. The third-order valence-corrected chi connectivity index (χ3v) is 7.55. The van der Waals surface area contributed by atoms with Crippen LogP contribution in [0.1, 0.15) is 18.4 Å². The Balaban J connectivity index is 1.56. The average molecular weight is 432 g/mol. The predicted molar refractivity (Wildman–Crippen MR) is 113 cm³/mol. The largest absolute Gasteiger partial charge is 0.341 e. The summed E-state index contributed by atoms with van der Waals surface area (Å²) in [5, 5.41) is 1.86. The molecule has 1 fully saturated rings. The van der Waals surface area contributed by atoms with Crippen molar-refractivity contribution in [3.63, 3.8) is 0 Å². The molecule has 2 aromatic rings. The van der Waals surface area contributed by atoms with Crippen molar-refractivity contribution in [2.24, 2.45) is 0 Å². The summed E-state index contributed by atoms with van der Waals surface area (Å²) in [5.74, 6) is -0.603. The molecule has 0 saturated carbocycles. The maximum Gasteiger partial charge on any atom is 0.261 e. The minimum Gasteiger partial charge on any atom is -0.341 e.